The lowest BCUT2D eigenvalue weighted by Gasteiger charge is -2.09. The minimum absolute atomic E-state index is 0.0267. The minimum Gasteiger partial charge on any atom is -0.348 e. The number of hydrogen-bond donors (Lipinski definition) is 1. The molecule has 1 aromatic carbocycles. The second-order valence-electron chi connectivity index (χ2n) is 4.83. The Morgan fingerprint density at radius 1 is 1.20 bits per heavy atom. The molecule has 2 rings (SSSR count). The Bertz CT molecular complexity index is 648. The van der Waals surface area contributed by atoms with E-state index in [1.54, 1.807) is 0 Å². The van der Waals surface area contributed by atoms with Crippen LogP contribution in [0.4, 0.5) is 0 Å². The van der Waals surface area contributed by atoms with Gasteiger partial charge in [-0.2, -0.15) is 5.10 Å². The van der Waals surface area contributed by atoms with Gasteiger partial charge in [-0.15, -0.1) is 0 Å². The fourth-order valence-electron chi connectivity index (χ4n) is 1.78. The second-order valence-corrected chi connectivity index (χ2v) is 4.83. The molecular formula is C15H17N3O2. The van der Waals surface area contributed by atoms with E-state index >= 15 is 0 Å². The Kier molecular flexibility index (Phi) is 4.30. The summed E-state index contributed by atoms with van der Waals surface area (Å²) in [6, 6.07) is 12.4. The van der Waals surface area contributed by atoms with Crippen molar-refractivity contribution in [2.24, 2.45) is 0 Å². The van der Waals surface area contributed by atoms with Gasteiger partial charge in [-0.25, -0.2) is 4.68 Å². The Labute approximate surface area is 117 Å². The summed E-state index contributed by atoms with van der Waals surface area (Å²) in [7, 11) is 0. The van der Waals surface area contributed by atoms with Crippen LogP contribution in [0.2, 0.25) is 0 Å². The van der Waals surface area contributed by atoms with Crippen molar-refractivity contribution in [1.82, 2.24) is 15.1 Å². The van der Waals surface area contributed by atoms with Crippen LogP contribution in [0.5, 0.6) is 0 Å². The summed E-state index contributed by atoms with van der Waals surface area (Å²) in [4.78, 5) is 23.7. The van der Waals surface area contributed by atoms with Crippen molar-refractivity contribution < 1.29 is 4.79 Å². The van der Waals surface area contributed by atoms with Crippen LogP contribution < -0.4 is 10.9 Å². The zero-order valence-electron chi connectivity index (χ0n) is 11.5. The van der Waals surface area contributed by atoms with Gasteiger partial charge in [0.05, 0.1) is 6.54 Å². The molecule has 0 aliphatic heterocycles. The van der Waals surface area contributed by atoms with E-state index in [1.165, 1.54) is 16.8 Å². The van der Waals surface area contributed by atoms with Crippen LogP contribution in [0.3, 0.4) is 0 Å². The molecule has 0 aliphatic carbocycles. The molecule has 5 nitrogen and oxygen atoms in total. The van der Waals surface area contributed by atoms with Crippen LogP contribution in [-0.2, 0) is 6.54 Å². The fraction of sp³-hybridized carbons (Fsp3) is 0.267. The largest absolute Gasteiger partial charge is 0.348 e. The number of hydrogen-bond acceptors (Lipinski definition) is 3. The molecule has 0 radical (unpaired) electrons. The lowest BCUT2D eigenvalue weighted by molar-refractivity contribution is 0.0935. The van der Waals surface area contributed by atoms with Crippen LogP contribution in [0.15, 0.2) is 47.3 Å². The van der Waals surface area contributed by atoms with Gasteiger partial charge >= 0.3 is 0 Å². The van der Waals surface area contributed by atoms with E-state index in [0.717, 1.165) is 5.56 Å². The number of nitrogens with zero attached hydrogens (tertiary/aromatic N) is 2. The van der Waals surface area contributed by atoms with Crippen molar-refractivity contribution in [3.05, 3.63) is 64.1 Å². The van der Waals surface area contributed by atoms with Gasteiger partial charge in [0.25, 0.3) is 11.5 Å². The number of carbonyl (C=O) groups excluding carboxylic acids is 1. The lowest BCUT2D eigenvalue weighted by Crippen LogP contribution is -2.33. The van der Waals surface area contributed by atoms with Crippen molar-refractivity contribution >= 4 is 5.91 Å². The molecule has 1 aromatic heterocycles. The summed E-state index contributed by atoms with van der Waals surface area (Å²) in [5.41, 5.74) is 0.979. The molecule has 0 atom stereocenters. The van der Waals surface area contributed by atoms with Gasteiger partial charge in [0.1, 0.15) is 5.69 Å². The van der Waals surface area contributed by atoms with Gasteiger partial charge in [-0.3, -0.25) is 9.59 Å². The average molecular weight is 271 g/mol. The van der Waals surface area contributed by atoms with E-state index in [4.69, 9.17) is 0 Å². The van der Waals surface area contributed by atoms with Crippen LogP contribution >= 0.6 is 0 Å². The van der Waals surface area contributed by atoms with Crippen LogP contribution in [0.25, 0.3) is 0 Å². The summed E-state index contributed by atoms with van der Waals surface area (Å²) in [5.74, 6) is -0.276. The second kappa shape index (κ2) is 6.14. The Hall–Kier alpha value is -2.43. The topological polar surface area (TPSA) is 64.0 Å². The smallest absolute Gasteiger partial charge is 0.271 e. The van der Waals surface area contributed by atoms with Gasteiger partial charge in [0.2, 0.25) is 0 Å². The van der Waals surface area contributed by atoms with E-state index in [1.807, 2.05) is 44.2 Å². The number of carbonyl (C=O) groups is 1. The predicted molar refractivity (Wildman–Crippen MR) is 76.6 cm³/mol. The van der Waals surface area contributed by atoms with Crippen molar-refractivity contribution in [2.45, 2.75) is 26.4 Å². The van der Waals surface area contributed by atoms with Crippen molar-refractivity contribution in [3.8, 4) is 0 Å². The molecule has 1 heterocycles. The summed E-state index contributed by atoms with van der Waals surface area (Å²) in [6.45, 7) is 4.10. The zero-order valence-corrected chi connectivity index (χ0v) is 11.5. The number of benzene rings is 1. The van der Waals surface area contributed by atoms with Crippen molar-refractivity contribution in [2.75, 3.05) is 0 Å². The summed E-state index contributed by atoms with van der Waals surface area (Å²) in [6.07, 6.45) is 0. The van der Waals surface area contributed by atoms with Crippen LogP contribution in [0.1, 0.15) is 29.9 Å². The molecule has 0 bridgehead atoms. The van der Waals surface area contributed by atoms with Gasteiger partial charge in [0.15, 0.2) is 0 Å². The SMILES string of the molecule is CC(C)NC(=O)c1ccc(=O)n(Cc2ccccc2)n1. The Morgan fingerprint density at radius 2 is 1.90 bits per heavy atom. The van der Waals surface area contributed by atoms with E-state index in [9.17, 15) is 9.59 Å². The third-order valence-corrected chi connectivity index (χ3v) is 2.69. The number of nitrogens with one attached hydrogen (secondary N) is 1. The molecule has 2 aromatic rings. The molecule has 104 valence electrons. The summed E-state index contributed by atoms with van der Waals surface area (Å²) >= 11 is 0. The molecule has 0 spiro atoms. The maximum absolute atomic E-state index is 11.9. The van der Waals surface area contributed by atoms with E-state index in [0.29, 0.717) is 6.54 Å². The Morgan fingerprint density at radius 3 is 2.55 bits per heavy atom. The molecule has 20 heavy (non-hydrogen) atoms. The maximum Gasteiger partial charge on any atom is 0.271 e. The molecule has 0 saturated carbocycles. The van der Waals surface area contributed by atoms with E-state index in [-0.39, 0.29) is 23.2 Å². The first-order chi connectivity index (χ1) is 9.56. The van der Waals surface area contributed by atoms with Crippen molar-refractivity contribution in [3.63, 3.8) is 0 Å². The molecule has 5 heteroatoms. The number of amides is 1. The Balaban J connectivity index is 2.25. The third kappa shape index (κ3) is 3.54. The molecule has 1 amide bonds. The highest BCUT2D eigenvalue weighted by Gasteiger charge is 2.10. The first kappa shape index (κ1) is 14.0. The highest BCUT2D eigenvalue weighted by Crippen LogP contribution is 2.00. The number of aromatic nitrogens is 2. The monoisotopic (exact) mass is 271 g/mol. The predicted octanol–water partition coefficient (Wildman–Crippen LogP) is 1.43. The van der Waals surface area contributed by atoms with Crippen molar-refractivity contribution in [1.29, 1.82) is 0 Å². The lowest BCUT2D eigenvalue weighted by atomic mass is 10.2. The summed E-state index contributed by atoms with van der Waals surface area (Å²) < 4.78 is 1.30. The molecule has 0 fully saturated rings. The third-order valence-electron chi connectivity index (χ3n) is 2.69. The van der Waals surface area contributed by atoms with E-state index < -0.39 is 0 Å². The first-order valence-corrected chi connectivity index (χ1v) is 6.49. The van der Waals surface area contributed by atoms with Gasteiger partial charge in [0, 0.05) is 12.1 Å². The molecule has 1 N–H and O–H groups in total. The van der Waals surface area contributed by atoms with Gasteiger partial charge in [-0.05, 0) is 25.5 Å². The first-order valence-electron chi connectivity index (χ1n) is 6.49. The fourth-order valence-corrected chi connectivity index (χ4v) is 1.78. The standard InChI is InChI=1S/C15H17N3O2/c1-11(2)16-15(20)13-8-9-14(19)18(17-13)10-12-6-4-3-5-7-12/h3-9,11H,10H2,1-2H3,(H,16,20). The molecular weight excluding hydrogens is 254 g/mol. The van der Waals surface area contributed by atoms with Crippen LogP contribution in [0, 0.1) is 0 Å². The highest BCUT2D eigenvalue weighted by molar-refractivity contribution is 5.92. The van der Waals surface area contributed by atoms with Gasteiger partial charge in [-0.1, -0.05) is 30.3 Å². The molecule has 0 aliphatic rings. The normalized spacial score (nSPS) is 10.6. The summed E-state index contributed by atoms with van der Waals surface area (Å²) in [5, 5.41) is 6.87. The average Bonchev–Trinajstić information content (AvgIpc) is 2.41. The van der Waals surface area contributed by atoms with Gasteiger partial charge < -0.3 is 5.32 Å². The molecule has 0 unspecified atom stereocenters. The number of rotatable bonds is 4. The maximum atomic E-state index is 11.9. The minimum atomic E-state index is -0.276. The molecule has 0 saturated heterocycles. The quantitative estimate of drug-likeness (QED) is 0.915. The van der Waals surface area contributed by atoms with Crippen LogP contribution in [-0.4, -0.2) is 21.7 Å². The zero-order chi connectivity index (χ0) is 14.5. The highest BCUT2D eigenvalue weighted by atomic mass is 16.2. The van der Waals surface area contributed by atoms with E-state index in [2.05, 4.69) is 10.4 Å².